The lowest BCUT2D eigenvalue weighted by Gasteiger charge is -2.29. The number of pyridine rings is 1. The fraction of sp³-hybridized carbons (Fsp3) is 0.222. The fourth-order valence-electron chi connectivity index (χ4n) is 4.02. The van der Waals surface area contributed by atoms with Crippen LogP contribution in [0.5, 0.6) is 0 Å². The first-order valence-corrected chi connectivity index (χ1v) is 12.3. The Bertz CT molecular complexity index is 1380. The average molecular weight is 504 g/mol. The molecule has 0 bridgehead atoms. The zero-order valence-electron chi connectivity index (χ0n) is 19.2. The Morgan fingerprint density at radius 3 is 2.60 bits per heavy atom. The molecule has 176 valence electrons. The molecule has 0 saturated carbocycles. The number of nitrogens with one attached hydrogen (secondary N) is 1. The molecule has 1 heterocycles. The third-order valence-corrected chi connectivity index (χ3v) is 6.88. The minimum absolute atomic E-state index is 0.0205. The van der Waals surface area contributed by atoms with Gasteiger partial charge in [-0.15, -0.1) is 0 Å². The number of rotatable bonds is 6. The number of carbonyl (C=O) groups is 3. The maximum Gasteiger partial charge on any atom is 0.234 e. The van der Waals surface area contributed by atoms with Crippen molar-refractivity contribution >= 4 is 46.5 Å². The van der Waals surface area contributed by atoms with E-state index >= 15 is 0 Å². The van der Waals surface area contributed by atoms with Crippen molar-refractivity contribution in [1.82, 2.24) is 4.98 Å². The van der Waals surface area contributed by atoms with Gasteiger partial charge in [0, 0.05) is 28.1 Å². The number of amides is 1. The molecule has 35 heavy (non-hydrogen) atoms. The molecule has 0 saturated heterocycles. The first-order chi connectivity index (χ1) is 16.7. The van der Waals surface area contributed by atoms with E-state index in [1.807, 2.05) is 19.9 Å². The van der Waals surface area contributed by atoms with Crippen LogP contribution in [0.3, 0.4) is 0 Å². The largest absolute Gasteiger partial charge is 0.325 e. The van der Waals surface area contributed by atoms with E-state index in [4.69, 9.17) is 11.6 Å². The summed E-state index contributed by atoms with van der Waals surface area (Å²) >= 11 is 7.23. The number of hydrogen-bond acceptors (Lipinski definition) is 6. The molecule has 0 fully saturated rings. The second-order valence-electron chi connectivity index (χ2n) is 9.11. The minimum atomic E-state index is -0.362. The summed E-state index contributed by atoms with van der Waals surface area (Å²) in [6, 6.07) is 17.1. The lowest BCUT2D eigenvalue weighted by molar-refractivity contribution is -0.113. The normalized spacial score (nSPS) is 14.1. The second kappa shape index (κ2) is 10.0. The molecular weight excluding hydrogens is 482 g/mol. The smallest absolute Gasteiger partial charge is 0.234 e. The number of fused-ring (bicyclic) bond motifs is 1. The lowest BCUT2D eigenvalue weighted by Crippen LogP contribution is -2.28. The molecule has 1 aromatic heterocycles. The summed E-state index contributed by atoms with van der Waals surface area (Å²) in [5, 5.41) is 13.1. The number of aromatic nitrogens is 1. The van der Waals surface area contributed by atoms with Crippen molar-refractivity contribution in [3.05, 3.63) is 87.6 Å². The number of halogens is 1. The van der Waals surface area contributed by atoms with Gasteiger partial charge in [0.2, 0.25) is 5.91 Å². The van der Waals surface area contributed by atoms with Crippen molar-refractivity contribution < 1.29 is 14.4 Å². The molecule has 3 aromatic rings. The van der Waals surface area contributed by atoms with Crippen LogP contribution < -0.4 is 5.32 Å². The van der Waals surface area contributed by atoms with Gasteiger partial charge in [-0.25, -0.2) is 4.98 Å². The summed E-state index contributed by atoms with van der Waals surface area (Å²) in [6.07, 6.45) is 1.03. The molecule has 0 unspecified atom stereocenters. The van der Waals surface area contributed by atoms with Crippen molar-refractivity contribution in [2.45, 2.75) is 31.7 Å². The van der Waals surface area contributed by atoms with Gasteiger partial charge in [-0.2, -0.15) is 5.26 Å². The van der Waals surface area contributed by atoms with E-state index in [1.54, 1.807) is 42.5 Å². The molecular formula is C27H22ClN3O3S. The van der Waals surface area contributed by atoms with Crippen LogP contribution in [0, 0.1) is 16.7 Å². The topological polar surface area (TPSA) is 99.9 Å². The Morgan fingerprint density at radius 2 is 1.89 bits per heavy atom. The third kappa shape index (κ3) is 5.61. The molecule has 0 atom stereocenters. The number of thioether (sulfide) groups is 1. The summed E-state index contributed by atoms with van der Waals surface area (Å²) in [5.41, 5.74) is 2.31. The van der Waals surface area contributed by atoms with Crippen LogP contribution in [0.25, 0.3) is 0 Å². The Balaban J connectivity index is 1.52. The van der Waals surface area contributed by atoms with E-state index in [0.717, 1.165) is 11.8 Å². The van der Waals surface area contributed by atoms with E-state index in [0.29, 0.717) is 45.4 Å². The molecule has 1 aliphatic carbocycles. The maximum absolute atomic E-state index is 13.0. The van der Waals surface area contributed by atoms with Gasteiger partial charge < -0.3 is 5.32 Å². The SMILES string of the molecule is CC1(C)CC(=O)c2cc(C#N)c(SCC(=O)Nc3ccc(Cl)cc3C(=O)c3ccccc3)nc2C1. The number of carbonyl (C=O) groups excluding carboxylic acids is 3. The molecule has 0 radical (unpaired) electrons. The number of hydrogen-bond donors (Lipinski definition) is 1. The summed E-state index contributed by atoms with van der Waals surface area (Å²) in [4.78, 5) is 42.9. The van der Waals surface area contributed by atoms with Crippen LogP contribution in [-0.2, 0) is 11.2 Å². The highest BCUT2D eigenvalue weighted by molar-refractivity contribution is 8.00. The van der Waals surface area contributed by atoms with Gasteiger partial charge in [0.05, 0.1) is 22.7 Å². The number of nitrogens with zero attached hydrogens (tertiary/aromatic N) is 2. The summed E-state index contributed by atoms with van der Waals surface area (Å²) in [5.74, 6) is -0.669. The van der Waals surface area contributed by atoms with Crippen molar-refractivity contribution in [2.24, 2.45) is 5.41 Å². The molecule has 1 N–H and O–H groups in total. The van der Waals surface area contributed by atoms with Crippen molar-refractivity contribution in [1.29, 1.82) is 5.26 Å². The Hall–Kier alpha value is -3.47. The molecule has 6 nitrogen and oxygen atoms in total. The van der Waals surface area contributed by atoms with Crippen LogP contribution in [-0.4, -0.2) is 28.2 Å². The monoisotopic (exact) mass is 503 g/mol. The Morgan fingerprint density at radius 1 is 1.14 bits per heavy atom. The number of ketones is 2. The summed E-state index contributed by atoms with van der Waals surface area (Å²) in [7, 11) is 0. The first kappa shape index (κ1) is 24.6. The van der Waals surface area contributed by atoms with Crippen molar-refractivity contribution in [3.63, 3.8) is 0 Å². The van der Waals surface area contributed by atoms with Gasteiger partial charge in [-0.3, -0.25) is 14.4 Å². The fourth-order valence-corrected chi connectivity index (χ4v) is 4.97. The average Bonchev–Trinajstić information content (AvgIpc) is 2.82. The molecule has 8 heteroatoms. The van der Waals surface area contributed by atoms with E-state index in [9.17, 15) is 19.6 Å². The lowest BCUT2D eigenvalue weighted by atomic mass is 9.75. The zero-order chi connectivity index (χ0) is 25.2. The van der Waals surface area contributed by atoms with Gasteiger partial charge in [0.25, 0.3) is 0 Å². The van der Waals surface area contributed by atoms with Crippen molar-refractivity contribution in [3.8, 4) is 6.07 Å². The molecule has 1 aliphatic rings. The summed E-state index contributed by atoms with van der Waals surface area (Å²) in [6.45, 7) is 4.02. The number of Topliss-reactive ketones (excluding diaryl/α,β-unsaturated/α-hetero) is 1. The highest BCUT2D eigenvalue weighted by Crippen LogP contribution is 2.36. The van der Waals surface area contributed by atoms with Gasteiger partial charge in [0.1, 0.15) is 11.1 Å². The first-order valence-electron chi connectivity index (χ1n) is 11.0. The Kier molecular flexibility index (Phi) is 7.06. The van der Waals surface area contributed by atoms with Crippen LogP contribution >= 0.6 is 23.4 Å². The molecule has 0 aliphatic heterocycles. The summed E-state index contributed by atoms with van der Waals surface area (Å²) < 4.78 is 0. The number of anilines is 1. The highest BCUT2D eigenvalue weighted by atomic mass is 35.5. The number of nitriles is 1. The van der Waals surface area contributed by atoms with Crippen LogP contribution in [0.1, 0.15) is 57.8 Å². The molecule has 0 spiro atoms. The maximum atomic E-state index is 13.0. The predicted molar refractivity (Wildman–Crippen MR) is 136 cm³/mol. The quantitative estimate of drug-likeness (QED) is 0.341. The van der Waals surface area contributed by atoms with E-state index in [-0.39, 0.29) is 39.8 Å². The van der Waals surface area contributed by atoms with E-state index < -0.39 is 0 Å². The van der Waals surface area contributed by atoms with Crippen LogP contribution in [0.4, 0.5) is 5.69 Å². The van der Waals surface area contributed by atoms with Gasteiger partial charge in [-0.05, 0) is 36.1 Å². The number of benzene rings is 2. The molecule has 2 aromatic carbocycles. The predicted octanol–water partition coefficient (Wildman–Crippen LogP) is 5.72. The molecule has 4 rings (SSSR count). The van der Waals surface area contributed by atoms with Gasteiger partial charge >= 0.3 is 0 Å². The van der Waals surface area contributed by atoms with Gasteiger partial charge in [0.15, 0.2) is 11.6 Å². The zero-order valence-corrected chi connectivity index (χ0v) is 20.8. The highest BCUT2D eigenvalue weighted by Gasteiger charge is 2.33. The van der Waals surface area contributed by atoms with Gasteiger partial charge in [-0.1, -0.05) is 67.5 Å². The third-order valence-electron chi connectivity index (χ3n) is 5.65. The minimum Gasteiger partial charge on any atom is -0.325 e. The van der Waals surface area contributed by atoms with Crippen molar-refractivity contribution in [2.75, 3.05) is 11.1 Å². The van der Waals surface area contributed by atoms with Crippen LogP contribution in [0.15, 0.2) is 59.6 Å². The second-order valence-corrected chi connectivity index (χ2v) is 10.5. The standard InChI is InChI=1S/C27H22ClN3O3S/c1-27(2)12-22-19(23(32)13-27)10-17(14-29)26(31-22)35-15-24(33)30-21-9-8-18(28)11-20(21)25(34)16-6-4-3-5-7-16/h3-11H,12-13,15H2,1-2H3,(H,30,33). The van der Waals surface area contributed by atoms with E-state index in [1.165, 1.54) is 6.07 Å². The van der Waals surface area contributed by atoms with E-state index in [2.05, 4.69) is 16.4 Å². The Labute approximate surface area is 212 Å². The van der Waals surface area contributed by atoms with Crippen LogP contribution in [0.2, 0.25) is 5.02 Å². The molecule has 1 amide bonds.